The number of aromatic nitrogens is 3. The van der Waals surface area contributed by atoms with Crippen LogP contribution in [0.15, 0.2) is 36.1 Å². The molecule has 13 heteroatoms. The third kappa shape index (κ3) is 5.74. The molecule has 0 spiro atoms. The molecule has 1 fully saturated rings. The van der Waals surface area contributed by atoms with Gasteiger partial charge in [-0.1, -0.05) is 6.07 Å². The predicted octanol–water partition coefficient (Wildman–Crippen LogP) is 3.94. The number of anilines is 3. The Labute approximate surface area is 242 Å². The summed E-state index contributed by atoms with van der Waals surface area (Å²) in [6.45, 7) is 4.39. The van der Waals surface area contributed by atoms with Gasteiger partial charge < -0.3 is 25.4 Å². The van der Waals surface area contributed by atoms with Gasteiger partial charge in [-0.15, -0.1) is 11.3 Å². The van der Waals surface area contributed by atoms with E-state index in [-0.39, 0.29) is 11.8 Å². The van der Waals surface area contributed by atoms with E-state index in [2.05, 4.69) is 58.4 Å². The molecule has 4 heterocycles. The number of halogens is 1. The maximum Gasteiger partial charge on any atom is 0.258 e. The minimum atomic E-state index is -0.295. The van der Waals surface area contributed by atoms with E-state index in [1.54, 1.807) is 31.9 Å². The maximum atomic E-state index is 13.4. The highest BCUT2D eigenvalue weighted by Gasteiger charge is 2.22. The Morgan fingerprint density at radius 3 is 2.74 bits per heavy atom. The monoisotopic (exact) mass is 659 g/mol. The van der Waals surface area contributed by atoms with Crippen molar-refractivity contribution in [2.24, 2.45) is 0 Å². The molecule has 2 amide bonds. The number of thiophene rings is 1. The third-order valence-corrected chi connectivity index (χ3v) is 8.36. The zero-order chi connectivity index (χ0) is 27.5. The number of carbonyl (C=O) groups is 2. The van der Waals surface area contributed by atoms with E-state index in [0.717, 1.165) is 25.9 Å². The quantitative estimate of drug-likeness (QED) is 0.241. The molecule has 0 atom stereocenters. The van der Waals surface area contributed by atoms with E-state index in [4.69, 9.17) is 9.47 Å². The second kappa shape index (κ2) is 11.7. The van der Waals surface area contributed by atoms with Gasteiger partial charge in [-0.2, -0.15) is 0 Å². The molecule has 0 unspecified atom stereocenters. The number of fused-ring (bicyclic) bond motifs is 1. The lowest BCUT2D eigenvalue weighted by molar-refractivity contribution is -0.124. The minimum Gasteiger partial charge on any atom is -0.496 e. The highest BCUT2D eigenvalue weighted by molar-refractivity contribution is 14.1. The number of rotatable bonds is 8. The third-order valence-electron chi connectivity index (χ3n) is 6.31. The van der Waals surface area contributed by atoms with Crippen LogP contribution >= 0.6 is 33.9 Å². The van der Waals surface area contributed by atoms with Crippen molar-refractivity contribution in [3.8, 4) is 11.5 Å². The van der Waals surface area contributed by atoms with Gasteiger partial charge in [0.15, 0.2) is 5.82 Å². The van der Waals surface area contributed by atoms with Crippen LogP contribution < -0.4 is 25.4 Å². The molecular formula is C26H26IN7O4S. The largest absolute Gasteiger partial charge is 0.496 e. The van der Waals surface area contributed by atoms with Crippen molar-refractivity contribution in [1.29, 1.82) is 0 Å². The van der Waals surface area contributed by atoms with Gasteiger partial charge in [0.25, 0.3) is 5.91 Å². The summed E-state index contributed by atoms with van der Waals surface area (Å²) < 4.78 is 12.4. The molecule has 0 radical (unpaired) electrons. The minimum absolute atomic E-state index is 0.0392. The van der Waals surface area contributed by atoms with E-state index in [0.29, 0.717) is 59.5 Å². The number of ether oxygens (including phenoxy) is 2. The van der Waals surface area contributed by atoms with Crippen molar-refractivity contribution in [3.63, 3.8) is 0 Å². The van der Waals surface area contributed by atoms with E-state index in [1.165, 1.54) is 17.7 Å². The fourth-order valence-corrected chi connectivity index (χ4v) is 6.15. The fourth-order valence-electron chi connectivity index (χ4n) is 4.29. The van der Waals surface area contributed by atoms with Gasteiger partial charge in [0.1, 0.15) is 23.6 Å². The van der Waals surface area contributed by atoms with Crippen LogP contribution in [0.2, 0.25) is 0 Å². The summed E-state index contributed by atoms with van der Waals surface area (Å²) in [7, 11) is 3.15. The number of amides is 2. The number of methoxy groups -OCH3 is 2. The summed E-state index contributed by atoms with van der Waals surface area (Å²) in [4.78, 5) is 40.4. The lowest BCUT2D eigenvalue weighted by atomic mass is 10.1. The van der Waals surface area contributed by atoms with Crippen LogP contribution in [0.3, 0.4) is 0 Å². The number of benzene rings is 1. The number of nitrogens with one attached hydrogen (secondary N) is 3. The number of pyridine rings is 1. The van der Waals surface area contributed by atoms with Crippen LogP contribution in [0.4, 0.5) is 17.3 Å². The molecule has 3 N–H and O–H groups in total. The average Bonchev–Trinajstić information content (AvgIpc) is 3.38. The molecule has 0 saturated carbocycles. The van der Waals surface area contributed by atoms with Crippen LogP contribution in [0.5, 0.6) is 11.5 Å². The Morgan fingerprint density at radius 1 is 1.21 bits per heavy atom. The summed E-state index contributed by atoms with van der Waals surface area (Å²) in [5, 5.41) is 10.9. The lowest BCUT2D eigenvalue weighted by Crippen LogP contribution is -2.47. The first-order valence-corrected chi connectivity index (χ1v) is 14.0. The van der Waals surface area contributed by atoms with Gasteiger partial charge >= 0.3 is 0 Å². The Hall–Kier alpha value is -3.56. The van der Waals surface area contributed by atoms with Crippen molar-refractivity contribution < 1.29 is 19.1 Å². The fraction of sp³-hybridized carbons (Fsp3) is 0.269. The highest BCUT2D eigenvalue weighted by atomic mass is 127. The Morgan fingerprint density at radius 2 is 2.03 bits per heavy atom. The van der Waals surface area contributed by atoms with Crippen molar-refractivity contribution in [2.75, 3.05) is 44.5 Å². The Bertz CT molecular complexity index is 1520. The standard InChI is InChI=1S/C26H26IN7O4S/c1-14-17(37-2)8-18(38-3)21(27)22(14)33-26(36)16-12-39-24-23(16)30-13-31-25(24)32-19-5-4-15(9-29-19)10-34-7-6-28-20(35)11-34/h4-5,8-9,12-13H,6-7,10-11H2,1-3H3,(H,28,35)(H,33,36)(H,29,30,31,32). The number of hydrogen-bond acceptors (Lipinski definition) is 10. The molecule has 0 bridgehead atoms. The summed E-state index contributed by atoms with van der Waals surface area (Å²) in [6, 6.07) is 5.64. The van der Waals surface area contributed by atoms with Crippen molar-refractivity contribution in [1.82, 2.24) is 25.2 Å². The number of carbonyl (C=O) groups excluding carboxylic acids is 2. The van der Waals surface area contributed by atoms with Crippen LogP contribution in [0.25, 0.3) is 10.2 Å². The average molecular weight is 660 g/mol. The highest BCUT2D eigenvalue weighted by Crippen LogP contribution is 2.39. The molecule has 5 rings (SSSR count). The molecule has 0 aliphatic carbocycles. The van der Waals surface area contributed by atoms with E-state index in [9.17, 15) is 9.59 Å². The van der Waals surface area contributed by atoms with E-state index < -0.39 is 0 Å². The lowest BCUT2D eigenvalue weighted by Gasteiger charge is -2.26. The van der Waals surface area contributed by atoms with Crippen LogP contribution in [0.1, 0.15) is 21.5 Å². The van der Waals surface area contributed by atoms with Gasteiger partial charge in [-0.25, -0.2) is 15.0 Å². The summed E-state index contributed by atoms with van der Waals surface area (Å²) in [6.07, 6.45) is 3.21. The number of nitrogens with zero attached hydrogens (tertiary/aromatic N) is 4. The van der Waals surface area contributed by atoms with Crippen molar-refractivity contribution >= 4 is 73.3 Å². The summed E-state index contributed by atoms with van der Waals surface area (Å²) in [5.74, 6) is 2.14. The zero-order valence-electron chi connectivity index (χ0n) is 21.5. The smallest absolute Gasteiger partial charge is 0.258 e. The second-order valence-electron chi connectivity index (χ2n) is 8.84. The van der Waals surface area contributed by atoms with Crippen LogP contribution in [-0.4, -0.2) is 65.5 Å². The van der Waals surface area contributed by atoms with Crippen LogP contribution in [-0.2, 0) is 11.3 Å². The van der Waals surface area contributed by atoms with Crippen molar-refractivity contribution in [3.05, 3.63) is 56.4 Å². The topological polar surface area (TPSA) is 131 Å². The number of hydrogen-bond donors (Lipinski definition) is 3. The van der Waals surface area contributed by atoms with E-state index >= 15 is 0 Å². The summed E-state index contributed by atoms with van der Waals surface area (Å²) in [5.41, 5.74) is 3.41. The Balaban J connectivity index is 1.34. The molecule has 3 aromatic heterocycles. The normalized spacial score (nSPS) is 13.7. The molecular weight excluding hydrogens is 633 g/mol. The molecule has 202 valence electrons. The molecule has 1 aromatic carbocycles. The molecule has 11 nitrogen and oxygen atoms in total. The first kappa shape index (κ1) is 27.0. The predicted molar refractivity (Wildman–Crippen MR) is 158 cm³/mol. The van der Waals surface area contributed by atoms with Crippen molar-refractivity contribution in [2.45, 2.75) is 13.5 Å². The molecule has 1 aliphatic rings. The van der Waals surface area contributed by atoms with Gasteiger partial charge in [0, 0.05) is 42.8 Å². The zero-order valence-corrected chi connectivity index (χ0v) is 24.5. The Kier molecular flexibility index (Phi) is 8.09. The second-order valence-corrected chi connectivity index (χ2v) is 10.8. The SMILES string of the molecule is COc1cc(OC)c(I)c(NC(=O)c2csc3c(Nc4ccc(CN5CCNC(=O)C5)cn4)ncnc23)c1C. The van der Waals surface area contributed by atoms with Gasteiger partial charge in [0.05, 0.1) is 45.8 Å². The van der Waals surface area contributed by atoms with Crippen LogP contribution in [0, 0.1) is 10.5 Å². The molecule has 39 heavy (non-hydrogen) atoms. The first-order chi connectivity index (χ1) is 18.9. The molecule has 1 aliphatic heterocycles. The van der Waals surface area contributed by atoms with Gasteiger partial charge in [0.2, 0.25) is 5.91 Å². The number of piperazine rings is 1. The molecule has 4 aromatic rings. The van der Waals surface area contributed by atoms with E-state index in [1.807, 2.05) is 19.1 Å². The first-order valence-electron chi connectivity index (χ1n) is 12.0. The maximum absolute atomic E-state index is 13.4. The molecule has 1 saturated heterocycles. The van der Waals surface area contributed by atoms with Gasteiger partial charge in [-0.3, -0.25) is 14.5 Å². The van der Waals surface area contributed by atoms with Gasteiger partial charge in [-0.05, 0) is 41.1 Å². The summed E-state index contributed by atoms with van der Waals surface area (Å²) >= 11 is 3.53.